The van der Waals surface area contributed by atoms with E-state index >= 15 is 0 Å². The van der Waals surface area contributed by atoms with Crippen molar-refractivity contribution in [2.75, 3.05) is 6.61 Å². The first-order valence-corrected chi connectivity index (χ1v) is 5.29. The summed E-state index contributed by atoms with van der Waals surface area (Å²) in [5.74, 6) is -1.00. The summed E-state index contributed by atoms with van der Waals surface area (Å²) in [5.41, 5.74) is 0. The molecule has 16 heavy (non-hydrogen) atoms. The Morgan fingerprint density at radius 3 is 2.94 bits per heavy atom. The lowest BCUT2D eigenvalue weighted by Gasteiger charge is -2.43. The molecule has 2 rings (SSSR count). The predicted molar refractivity (Wildman–Crippen MR) is 54.5 cm³/mol. The average Bonchev–Trinajstić information content (AvgIpc) is 2.17. The normalized spacial score (nSPS) is 36.1. The minimum Gasteiger partial charge on any atom is -0.493 e. The van der Waals surface area contributed by atoms with Gasteiger partial charge in [0, 0.05) is 6.92 Å². The lowest BCUT2D eigenvalue weighted by Crippen LogP contribution is -2.55. The van der Waals surface area contributed by atoms with Crippen LogP contribution in [0.1, 0.15) is 20.8 Å². The highest BCUT2D eigenvalue weighted by atomic mass is 16.7. The van der Waals surface area contributed by atoms with E-state index < -0.39 is 11.9 Å². The molecule has 0 spiro atoms. The van der Waals surface area contributed by atoms with Gasteiger partial charge in [-0.2, -0.15) is 0 Å². The molecule has 5 heteroatoms. The van der Waals surface area contributed by atoms with Gasteiger partial charge in [0.25, 0.3) is 0 Å². The number of rotatable bonds is 1. The number of esters is 1. The van der Waals surface area contributed by atoms with Crippen molar-refractivity contribution in [1.82, 2.24) is 0 Å². The number of fused-ring (bicyclic) bond motifs is 1. The maximum atomic E-state index is 11.0. The van der Waals surface area contributed by atoms with Gasteiger partial charge in [-0.3, -0.25) is 4.79 Å². The van der Waals surface area contributed by atoms with Crippen molar-refractivity contribution in [3.63, 3.8) is 0 Å². The first-order chi connectivity index (χ1) is 7.48. The highest BCUT2D eigenvalue weighted by Crippen LogP contribution is 2.29. The number of carbonyl (C=O) groups excluding carboxylic acids is 1. The topological polar surface area (TPSA) is 54.0 Å². The molecule has 0 radical (unpaired) electrons. The van der Waals surface area contributed by atoms with E-state index in [1.165, 1.54) is 13.2 Å². The summed E-state index contributed by atoms with van der Waals surface area (Å²) in [7, 11) is 0. The van der Waals surface area contributed by atoms with Gasteiger partial charge in [0.05, 0.1) is 12.9 Å². The Labute approximate surface area is 94.3 Å². The summed E-state index contributed by atoms with van der Waals surface area (Å²) in [6, 6.07) is 0. The maximum Gasteiger partial charge on any atom is 0.303 e. The van der Waals surface area contributed by atoms with Gasteiger partial charge in [-0.25, -0.2) is 0 Å². The zero-order valence-electron chi connectivity index (χ0n) is 9.64. The number of hydrogen-bond donors (Lipinski definition) is 0. The van der Waals surface area contributed by atoms with E-state index in [4.69, 9.17) is 18.9 Å². The van der Waals surface area contributed by atoms with Gasteiger partial charge in [-0.05, 0) is 19.9 Å². The van der Waals surface area contributed by atoms with Crippen molar-refractivity contribution >= 4 is 5.97 Å². The van der Waals surface area contributed by atoms with E-state index in [9.17, 15) is 4.79 Å². The maximum absolute atomic E-state index is 11.0. The third-order valence-electron chi connectivity index (χ3n) is 2.53. The molecule has 0 N–H and O–H groups in total. The van der Waals surface area contributed by atoms with Crippen LogP contribution in [0.5, 0.6) is 0 Å². The van der Waals surface area contributed by atoms with Crippen LogP contribution < -0.4 is 0 Å². The smallest absolute Gasteiger partial charge is 0.303 e. The minimum absolute atomic E-state index is 0.220. The molecule has 3 atom stereocenters. The van der Waals surface area contributed by atoms with Crippen molar-refractivity contribution in [2.24, 2.45) is 0 Å². The van der Waals surface area contributed by atoms with Crippen LogP contribution in [0.15, 0.2) is 12.3 Å². The van der Waals surface area contributed by atoms with Crippen LogP contribution in [0.25, 0.3) is 0 Å². The van der Waals surface area contributed by atoms with Crippen LogP contribution in [0, 0.1) is 0 Å². The highest BCUT2D eigenvalue weighted by molar-refractivity contribution is 5.66. The fourth-order valence-electron chi connectivity index (χ4n) is 1.84. The van der Waals surface area contributed by atoms with E-state index in [0.717, 1.165) is 0 Å². The number of carbonyl (C=O) groups is 1. The predicted octanol–water partition coefficient (Wildman–Crippen LogP) is 0.982. The fraction of sp³-hybridized carbons (Fsp3) is 0.727. The quantitative estimate of drug-likeness (QED) is 0.626. The molecular formula is C11H16O5. The van der Waals surface area contributed by atoms with Crippen molar-refractivity contribution in [3.05, 3.63) is 12.3 Å². The summed E-state index contributed by atoms with van der Waals surface area (Å²) in [5, 5.41) is 0. The van der Waals surface area contributed by atoms with Crippen LogP contribution in [-0.2, 0) is 23.7 Å². The second-order valence-electron chi connectivity index (χ2n) is 4.37. The fourth-order valence-corrected chi connectivity index (χ4v) is 1.84. The third kappa shape index (κ3) is 2.36. The molecule has 1 fully saturated rings. The lowest BCUT2D eigenvalue weighted by atomic mass is 10.0. The van der Waals surface area contributed by atoms with Gasteiger partial charge < -0.3 is 18.9 Å². The second kappa shape index (κ2) is 4.07. The lowest BCUT2D eigenvalue weighted by molar-refractivity contribution is -0.319. The Morgan fingerprint density at radius 1 is 1.50 bits per heavy atom. The molecule has 0 saturated carbocycles. The Hall–Kier alpha value is -1.07. The molecule has 0 aromatic rings. The molecule has 0 bridgehead atoms. The molecule has 1 saturated heterocycles. The molecule has 0 amide bonds. The van der Waals surface area contributed by atoms with Gasteiger partial charge in [0.2, 0.25) is 0 Å². The highest BCUT2D eigenvalue weighted by Gasteiger charge is 2.44. The van der Waals surface area contributed by atoms with E-state index in [0.29, 0.717) is 6.61 Å². The van der Waals surface area contributed by atoms with Crippen molar-refractivity contribution in [3.8, 4) is 0 Å². The molecule has 2 aliphatic heterocycles. The monoisotopic (exact) mass is 228 g/mol. The first kappa shape index (κ1) is 11.4. The molecule has 2 heterocycles. The van der Waals surface area contributed by atoms with Crippen LogP contribution in [0.2, 0.25) is 0 Å². The van der Waals surface area contributed by atoms with Crippen molar-refractivity contribution in [1.29, 1.82) is 0 Å². The molecule has 2 aliphatic rings. The number of ether oxygens (including phenoxy) is 4. The number of hydrogen-bond acceptors (Lipinski definition) is 5. The van der Waals surface area contributed by atoms with Crippen molar-refractivity contribution in [2.45, 2.75) is 44.9 Å². The standard InChI is InChI=1S/C11H16O5/c1-7(12)15-8-4-5-13-9-6-14-11(2,3)16-10(8)9/h4-5,8-10H,6H2,1-3H3. The summed E-state index contributed by atoms with van der Waals surface area (Å²) in [6.45, 7) is 5.46. The molecule has 5 nitrogen and oxygen atoms in total. The SMILES string of the molecule is CC(=O)OC1C=COC2COC(C)(C)OC12. The molecule has 0 aromatic carbocycles. The molecule has 3 unspecified atom stereocenters. The zero-order valence-corrected chi connectivity index (χ0v) is 9.64. The van der Waals surface area contributed by atoms with Crippen LogP contribution >= 0.6 is 0 Å². The Morgan fingerprint density at radius 2 is 2.25 bits per heavy atom. The summed E-state index contributed by atoms with van der Waals surface area (Å²) in [6.07, 6.45) is 2.28. The Bertz CT molecular complexity index is 309. The third-order valence-corrected chi connectivity index (χ3v) is 2.53. The first-order valence-electron chi connectivity index (χ1n) is 5.29. The Balaban J connectivity index is 2.11. The zero-order chi connectivity index (χ0) is 11.8. The second-order valence-corrected chi connectivity index (χ2v) is 4.37. The molecule has 0 aromatic heterocycles. The Kier molecular flexibility index (Phi) is 2.90. The molecular weight excluding hydrogens is 212 g/mol. The molecule has 90 valence electrons. The van der Waals surface area contributed by atoms with Crippen LogP contribution in [0.4, 0.5) is 0 Å². The van der Waals surface area contributed by atoms with Gasteiger partial charge >= 0.3 is 5.97 Å². The van der Waals surface area contributed by atoms with Gasteiger partial charge in [0.1, 0.15) is 6.10 Å². The molecule has 0 aliphatic carbocycles. The van der Waals surface area contributed by atoms with Crippen LogP contribution in [-0.4, -0.2) is 36.7 Å². The minimum atomic E-state index is -0.673. The largest absolute Gasteiger partial charge is 0.493 e. The summed E-state index contributed by atoms with van der Waals surface area (Å²) >= 11 is 0. The van der Waals surface area contributed by atoms with E-state index in [2.05, 4.69) is 0 Å². The van der Waals surface area contributed by atoms with Gasteiger partial charge in [-0.1, -0.05) is 0 Å². The van der Waals surface area contributed by atoms with E-state index in [1.54, 1.807) is 6.08 Å². The van der Waals surface area contributed by atoms with Crippen LogP contribution in [0.3, 0.4) is 0 Å². The van der Waals surface area contributed by atoms with Crippen molar-refractivity contribution < 1.29 is 23.7 Å². The summed E-state index contributed by atoms with van der Waals surface area (Å²) in [4.78, 5) is 11.0. The van der Waals surface area contributed by atoms with Gasteiger partial charge in [0.15, 0.2) is 18.0 Å². The average molecular weight is 228 g/mol. The van der Waals surface area contributed by atoms with E-state index in [-0.39, 0.29) is 18.2 Å². The van der Waals surface area contributed by atoms with E-state index in [1.807, 2.05) is 13.8 Å². The summed E-state index contributed by atoms with van der Waals surface area (Å²) < 4.78 is 21.7. The van der Waals surface area contributed by atoms with Gasteiger partial charge in [-0.15, -0.1) is 0 Å².